The molecule has 0 radical (unpaired) electrons. The van der Waals surface area contributed by atoms with Crippen molar-refractivity contribution in [3.05, 3.63) is 18.2 Å². The first kappa shape index (κ1) is 14.5. The van der Waals surface area contributed by atoms with Crippen molar-refractivity contribution in [2.24, 2.45) is 0 Å². The van der Waals surface area contributed by atoms with Crippen LogP contribution >= 0.6 is 7.14 Å². The Bertz CT molecular complexity index is 505. The highest BCUT2D eigenvalue weighted by Gasteiger charge is 2.16. The van der Waals surface area contributed by atoms with Gasteiger partial charge in [0.1, 0.15) is 12.9 Å². The van der Waals surface area contributed by atoms with Gasteiger partial charge in [-0.15, -0.1) is 6.42 Å². The number of benzene rings is 1. The molecule has 6 heteroatoms. The number of terminal acetylenes is 1. The Morgan fingerprint density at radius 1 is 1.50 bits per heavy atom. The molecule has 0 aromatic heterocycles. The smallest absolute Gasteiger partial charge is 0.387 e. The van der Waals surface area contributed by atoms with Crippen molar-refractivity contribution in [1.29, 1.82) is 0 Å². The van der Waals surface area contributed by atoms with Gasteiger partial charge in [-0.1, -0.05) is 5.92 Å². The van der Waals surface area contributed by atoms with Crippen molar-refractivity contribution in [1.82, 2.24) is 0 Å². The summed E-state index contributed by atoms with van der Waals surface area (Å²) >= 11 is 0. The van der Waals surface area contributed by atoms with Crippen LogP contribution in [0, 0.1) is 12.3 Å². The van der Waals surface area contributed by atoms with Crippen LogP contribution in [0.25, 0.3) is 0 Å². The van der Waals surface area contributed by atoms with Gasteiger partial charge in [-0.3, -0.25) is 0 Å². The summed E-state index contributed by atoms with van der Waals surface area (Å²) in [4.78, 5) is 0. The van der Waals surface area contributed by atoms with E-state index in [-0.39, 0.29) is 12.3 Å². The molecule has 0 fully saturated rings. The second-order valence-electron chi connectivity index (χ2n) is 3.97. The van der Waals surface area contributed by atoms with E-state index in [1.807, 2.05) is 0 Å². The predicted molar refractivity (Wildman–Crippen MR) is 69.5 cm³/mol. The molecule has 0 atom stereocenters. The molecule has 0 aliphatic rings. The summed E-state index contributed by atoms with van der Waals surface area (Å²) in [7, 11) is -2.53. The second kappa shape index (κ2) is 5.88. The first-order chi connectivity index (χ1) is 8.34. The number of halogens is 2. The van der Waals surface area contributed by atoms with Gasteiger partial charge >= 0.3 is 6.61 Å². The van der Waals surface area contributed by atoms with E-state index in [0.29, 0.717) is 11.0 Å². The summed E-state index contributed by atoms with van der Waals surface area (Å²) in [5.41, 5.74) is 0.352. The Morgan fingerprint density at radius 3 is 2.67 bits per heavy atom. The molecule has 0 aliphatic carbocycles. The van der Waals surface area contributed by atoms with Crippen LogP contribution in [0.3, 0.4) is 0 Å². The van der Waals surface area contributed by atoms with Crippen LogP contribution < -0.4 is 15.4 Å². The lowest BCUT2D eigenvalue weighted by Gasteiger charge is -2.14. The van der Waals surface area contributed by atoms with Gasteiger partial charge in [0.25, 0.3) is 0 Å². The lowest BCUT2D eigenvalue weighted by Crippen LogP contribution is -2.11. The maximum Gasteiger partial charge on any atom is 0.387 e. The Balaban J connectivity index is 3.12. The van der Waals surface area contributed by atoms with Gasteiger partial charge in [-0.05, 0) is 31.5 Å². The van der Waals surface area contributed by atoms with E-state index in [9.17, 15) is 13.3 Å². The Hall–Kier alpha value is -1.53. The second-order valence-corrected chi connectivity index (χ2v) is 7.19. The molecule has 0 heterocycles. The van der Waals surface area contributed by atoms with Gasteiger partial charge in [0.05, 0.1) is 12.2 Å². The Labute approximate surface area is 105 Å². The van der Waals surface area contributed by atoms with E-state index in [2.05, 4.69) is 16.0 Å². The van der Waals surface area contributed by atoms with Gasteiger partial charge < -0.3 is 14.6 Å². The third-order valence-corrected chi connectivity index (χ3v) is 3.71. The molecule has 0 bridgehead atoms. The fraction of sp³-hybridized carbons (Fsp3) is 0.333. The first-order valence-electron chi connectivity index (χ1n) is 5.16. The molecule has 0 amide bonds. The first-order valence-corrected chi connectivity index (χ1v) is 7.76. The van der Waals surface area contributed by atoms with Crippen LogP contribution in [-0.2, 0) is 4.57 Å². The maximum absolute atomic E-state index is 12.3. The highest BCUT2D eigenvalue weighted by atomic mass is 31.2. The lowest BCUT2D eigenvalue weighted by atomic mass is 10.3. The monoisotopic (exact) mass is 273 g/mol. The van der Waals surface area contributed by atoms with Crippen LogP contribution in [0.4, 0.5) is 14.5 Å². The minimum Gasteiger partial charge on any atom is -0.433 e. The van der Waals surface area contributed by atoms with Crippen molar-refractivity contribution in [2.45, 2.75) is 6.61 Å². The predicted octanol–water partition coefficient (Wildman–Crippen LogP) is 2.58. The summed E-state index contributed by atoms with van der Waals surface area (Å²) in [6.45, 7) is 0.362. The number of anilines is 1. The summed E-state index contributed by atoms with van der Waals surface area (Å²) in [5, 5.41) is 3.24. The number of nitrogens with one attached hydrogen (secondary N) is 1. The zero-order valence-electron chi connectivity index (χ0n) is 10.1. The van der Waals surface area contributed by atoms with E-state index in [1.165, 1.54) is 12.1 Å². The molecule has 1 aromatic carbocycles. The largest absolute Gasteiger partial charge is 0.433 e. The normalized spacial score (nSPS) is 11.1. The zero-order chi connectivity index (χ0) is 13.8. The molecule has 3 nitrogen and oxygen atoms in total. The average Bonchev–Trinajstić information content (AvgIpc) is 2.25. The minimum absolute atomic E-state index is 0.0540. The van der Waals surface area contributed by atoms with E-state index >= 15 is 0 Å². The Morgan fingerprint density at radius 2 is 2.17 bits per heavy atom. The number of hydrogen-bond acceptors (Lipinski definition) is 3. The van der Waals surface area contributed by atoms with Crippen molar-refractivity contribution in [2.75, 3.05) is 25.2 Å². The lowest BCUT2D eigenvalue weighted by molar-refractivity contribution is -0.0493. The number of ether oxygens (including phenoxy) is 1. The number of alkyl halides is 2. The molecule has 1 aromatic rings. The van der Waals surface area contributed by atoms with E-state index < -0.39 is 13.8 Å². The molecular formula is C12H14F2NO2P. The van der Waals surface area contributed by atoms with Gasteiger partial charge in [0, 0.05) is 5.30 Å². The fourth-order valence-electron chi connectivity index (χ4n) is 1.33. The molecule has 18 heavy (non-hydrogen) atoms. The molecule has 1 rings (SSSR count). The average molecular weight is 273 g/mol. The third-order valence-electron chi connectivity index (χ3n) is 2.18. The molecule has 0 aliphatic heterocycles. The van der Waals surface area contributed by atoms with E-state index in [0.717, 1.165) is 0 Å². The summed E-state index contributed by atoms with van der Waals surface area (Å²) in [6.07, 6.45) is 5.08. The molecule has 1 N–H and O–H groups in total. The highest BCUT2D eigenvalue weighted by molar-refractivity contribution is 7.70. The van der Waals surface area contributed by atoms with Crippen molar-refractivity contribution in [3.63, 3.8) is 0 Å². The van der Waals surface area contributed by atoms with E-state index in [1.54, 1.807) is 19.4 Å². The van der Waals surface area contributed by atoms with Crippen LogP contribution in [0.2, 0.25) is 0 Å². The van der Waals surface area contributed by atoms with Gasteiger partial charge in [0.15, 0.2) is 0 Å². The SMILES string of the molecule is C#CCNc1ccc(P(C)(C)=O)cc1OC(F)F. The van der Waals surface area contributed by atoms with Gasteiger partial charge in [-0.25, -0.2) is 0 Å². The van der Waals surface area contributed by atoms with Crippen molar-refractivity contribution in [3.8, 4) is 18.1 Å². The summed E-state index contributed by atoms with van der Waals surface area (Å²) in [5.74, 6) is 2.28. The van der Waals surface area contributed by atoms with E-state index in [4.69, 9.17) is 6.42 Å². The highest BCUT2D eigenvalue weighted by Crippen LogP contribution is 2.37. The van der Waals surface area contributed by atoms with Gasteiger partial charge in [0.2, 0.25) is 0 Å². The van der Waals surface area contributed by atoms with Gasteiger partial charge in [-0.2, -0.15) is 8.78 Å². The quantitative estimate of drug-likeness (QED) is 0.662. The topological polar surface area (TPSA) is 38.3 Å². The van der Waals surface area contributed by atoms with Crippen LogP contribution in [0.5, 0.6) is 5.75 Å². The standard InChI is InChI=1S/C12H14F2NO2P/c1-4-7-15-10-6-5-9(18(2,3)16)8-11(10)17-12(13)14/h1,5-6,8,12,15H,7H2,2-3H3. The van der Waals surface area contributed by atoms with Crippen LogP contribution in [0.1, 0.15) is 0 Å². The Kier molecular flexibility index (Phi) is 4.75. The van der Waals surface area contributed by atoms with Crippen LogP contribution in [-0.4, -0.2) is 26.5 Å². The molecular weight excluding hydrogens is 259 g/mol. The fourth-order valence-corrected chi connectivity index (χ4v) is 2.19. The molecule has 0 spiro atoms. The van der Waals surface area contributed by atoms with Crippen LogP contribution in [0.15, 0.2) is 18.2 Å². The molecule has 0 saturated heterocycles. The zero-order valence-corrected chi connectivity index (χ0v) is 11.0. The molecule has 0 unspecified atom stereocenters. The summed E-state index contributed by atoms with van der Waals surface area (Å²) in [6, 6.07) is 4.49. The minimum atomic E-state index is -2.94. The third kappa shape index (κ3) is 4.05. The summed E-state index contributed by atoms with van der Waals surface area (Å²) < 4.78 is 40.9. The van der Waals surface area contributed by atoms with Crippen molar-refractivity contribution >= 4 is 18.1 Å². The van der Waals surface area contributed by atoms with Crippen molar-refractivity contribution < 1.29 is 18.1 Å². The number of rotatable bonds is 5. The maximum atomic E-state index is 12.3. The molecule has 0 saturated carbocycles. The molecule has 98 valence electrons. The number of hydrogen-bond donors (Lipinski definition) is 1.